The lowest BCUT2D eigenvalue weighted by Gasteiger charge is -2.06. The molecule has 2 aromatic heterocycles. The van der Waals surface area contributed by atoms with Crippen molar-refractivity contribution in [2.75, 3.05) is 6.61 Å². The molecule has 0 aliphatic rings. The highest BCUT2D eigenvalue weighted by molar-refractivity contribution is 6.28. The molecule has 6 nitrogen and oxygen atoms in total. The number of benzene rings is 1. The van der Waals surface area contributed by atoms with Crippen LogP contribution in [0.5, 0.6) is 6.01 Å². The Labute approximate surface area is 126 Å². The van der Waals surface area contributed by atoms with Crippen LogP contribution >= 0.6 is 11.6 Å². The fourth-order valence-corrected chi connectivity index (χ4v) is 2.19. The molecule has 0 aliphatic heterocycles. The molecule has 21 heavy (non-hydrogen) atoms. The first kappa shape index (κ1) is 13.8. The average Bonchev–Trinajstić information content (AvgIpc) is 2.82. The monoisotopic (exact) mass is 303 g/mol. The summed E-state index contributed by atoms with van der Waals surface area (Å²) in [6.45, 7) is 6.43. The summed E-state index contributed by atoms with van der Waals surface area (Å²) in [6.07, 6.45) is 1.67. The van der Waals surface area contributed by atoms with Crippen molar-refractivity contribution in [1.29, 1.82) is 0 Å². The van der Waals surface area contributed by atoms with Crippen LogP contribution < -0.4 is 4.74 Å². The third-order valence-corrected chi connectivity index (χ3v) is 3.40. The van der Waals surface area contributed by atoms with Crippen LogP contribution in [-0.4, -0.2) is 31.1 Å². The molecular weight excluding hydrogens is 290 g/mol. The Kier molecular flexibility index (Phi) is 3.47. The van der Waals surface area contributed by atoms with Crippen LogP contribution in [0.15, 0.2) is 18.5 Å². The van der Waals surface area contributed by atoms with E-state index < -0.39 is 0 Å². The summed E-state index contributed by atoms with van der Waals surface area (Å²) in [4.78, 5) is 16.7. The van der Waals surface area contributed by atoms with Crippen molar-refractivity contribution < 1.29 is 4.74 Å². The van der Waals surface area contributed by atoms with Gasteiger partial charge in [0, 0.05) is 0 Å². The van der Waals surface area contributed by atoms with E-state index in [2.05, 4.69) is 39.8 Å². The molecule has 1 aromatic carbocycles. The number of rotatable bonds is 3. The van der Waals surface area contributed by atoms with Crippen molar-refractivity contribution in [2.45, 2.75) is 20.8 Å². The second-order valence-corrected chi connectivity index (χ2v) is 5.00. The van der Waals surface area contributed by atoms with Crippen molar-refractivity contribution in [3.8, 4) is 12.0 Å². The van der Waals surface area contributed by atoms with Crippen molar-refractivity contribution >= 4 is 22.6 Å². The zero-order valence-electron chi connectivity index (χ0n) is 12.0. The molecule has 3 rings (SSSR count). The molecule has 0 saturated carbocycles. The number of hydrogen-bond acceptors (Lipinski definition) is 5. The standard InChI is InChI=1S/C14H14ClN5O/c1-4-21-14-18-12(15)17-13(19-14)20-7-16-10-5-8(2)9(3)6-11(10)20/h5-7H,4H2,1-3H3. The highest BCUT2D eigenvalue weighted by atomic mass is 35.5. The van der Waals surface area contributed by atoms with E-state index in [1.54, 1.807) is 10.9 Å². The van der Waals surface area contributed by atoms with Crippen LogP contribution in [0.3, 0.4) is 0 Å². The molecule has 3 aromatic rings. The molecule has 108 valence electrons. The summed E-state index contributed by atoms with van der Waals surface area (Å²) in [5.41, 5.74) is 4.17. The number of fused-ring (bicyclic) bond motifs is 1. The summed E-state index contributed by atoms with van der Waals surface area (Å²) in [5.74, 6) is 0.393. The SMILES string of the molecule is CCOc1nc(Cl)nc(-n2cnc3cc(C)c(C)cc32)n1. The van der Waals surface area contributed by atoms with Crippen molar-refractivity contribution in [2.24, 2.45) is 0 Å². The molecule has 2 heterocycles. The quantitative estimate of drug-likeness (QED) is 0.744. The Morgan fingerprint density at radius 1 is 1.14 bits per heavy atom. The predicted octanol–water partition coefficient (Wildman–Crippen LogP) is 2.88. The van der Waals surface area contributed by atoms with Gasteiger partial charge in [0.25, 0.3) is 0 Å². The lowest BCUT2D eigenvalue weighted by molar-refractivity contribution is 0.311. The Morgan fingerprint density at radius 3 is 2.67 bits per heavy atom. The van der Waals surface area contributed by atoms with Crippen LogP contribution in [0.1, 0.15) is 18.1 Å². The second kappa shape index (κ2) is 5.29. The fourth-order valence-electron chi connectivity index (χ4n) is 2.05. The smallest absolute Gasteiger partial charge is 0.322 e. The largest absolute Gasteiger partial charge is 0.464 e. The Hall–Kier alpha value is -2.21. The molecule has 0 saturated heterocycles. The first-order chi connectivity index (χ1) is 10.1. The number of ether oxygens (including phenoxy) is 1. The predicted molar refractivity (Wildman–Crippen MR) is 80.1 cm³/mol. The van der Waals surface area contributed by atoms with Gasteiger partial charge in [-0.15, -0.1) is 0 Å². The minimum absolute atomic E-state index is 0.0918. The van der Waals surface area contributed by atoms with E-state index in [1.807, 2.05) is 13.0 Å². The lowest BCUT2D eigenvalue weighted by Crippen LogP contribution is -2.05. The van der Waals surface area contributed by atoms with Crippen molar-refractivity contribution in [3.05, 3.63) is 34.9 Å². The first-order valence-corrected chi connectivity index (χ1v) is 6.95. The van der Waals surface area contributed by atoms with Crippen LogP contribution in [0.25, 0.3) is 17.0 Å². The van der Waals surface area contributed by atoms with Gasteiger partial charge in [0.1, 0.15) is 6.33 Å². The van der Waals surface area contributed by atoms with Crippen LogP contribution in [-0.2, 0) is 0 Å². The minimum atomic E-state index is 0.0918. The van der Waals surface area contributed by atoms with E-state index in [-0.39, 0.29) is 11.3 Å². The zero-order valence-corrected chi connectivity index (χ0v) is 12.7. The maximum Gasteiger partial charge on any atom is 0.322 e. The van der Waals surface area contributed by atoms with Crippen LogP contribution in [0.2, 0.25) is 5.28 Å². The summed E-state index contributed by atoms with van der Waals surface area (Å²) < 4.78 is 7.08. The van der Waals surface area contributed by atoms with Crippen molar-refractivity contribution in [1.82, 2.24) is 24.5 Å². The van der Waals surface area contributed by atoms with E-state index in [4.69, 9.17) is 16.3 Å². The van der Waals surface area contributed by atoms with Gasteiger partial charge in [0.15, 0.2) is 0 Å². The molecule has 7 heteroatoms. The van der Waals surface area contributed by atoms with E-state index in [1.165, 1.54) is 11.1 Å². The van der Waals surface area contributed by atoms with Gasteiger partial charge in [-0.05, 0) is 55.6 Å². The van der Waals surface area contributed by atoms with E-state index in [9.17, 15) is 0 Å². The van der Waals surface area contributed by atoms with Gasteiger partial charge in [-0.1, -0.05) is 0 Å². The summed E-state index contributed by atoms with van der Waals surface area (Å²) in [7, 11) is 0. The molecule has 0 fully saturated rings. The van der Waals surface area contributed by atoms with Gasteiger partial charge in [0.2, 0.25) is 11.2 Å². The van der Waals surface area contributed by atoms with Gasteiger partial charge in [-0.2, -0.15) is 15.0 Å². The molecule has 0 aliphatic carbocycles. The maximum atomic E-state index is 5.93. The molecular formula is C14H14ClN5O. The number of hydrogen-bond donors (Lipinski definition) is 0. The summed E-state index contributed by atoms with van der Waals surface area (Å²) in [5, 5.41) is 0.0918. The minimum Gasteiger partial charge on any atom is -0.464 e. The average molecular weight is 304 g/mol. The Morgan fingerprint density at radius 2 is 1.90 bits per heavy atom. The molecule has 0 unspecified atom stereocenters. The van der Waals surface area contributed by atoms with E-state index in [0.29, 0.717) is 12.6 Å². The normalized spacial score (nSPS) is 11.0. The lowest BCUT2D eigenvalue weighted by atomic mass is 10.1. The molecule has 0 atom stereocenters. The highest BCUT2D eigenvalue weighted by Gasteiger charge is 2.12. The van der Waals surface area contributed by atoms with E-state index >= 15 is 0 Å². The number of aromatic nitrogens is 5. The first-order valence-electron chi connectivity index (χ1n) is 6.57. The summed E-state index contributed by atoms with van der Waals surface area (Å²) in [6, 6.07) is 4.29. The number of imidazole rings is 1. The van der Waals surface area contributed by atoms with E-state index in [0.717, 1.165) is 11.0 Å². The third kappa shape index (κ3) is 2.54. The third-order valence-electron chi connectivity index (χ3n) is 3.23. The Balaban J connectivity index is 2.18. The van der Waals surface area contributed by atoms with Crippen LogP contribution in [0, 0.1) is 13.8 Å². The van der Waals surface area contributed by atoms with Gasteiger partial charge < -0.3 is 4.74 Å². The van der Waals surface area contributed by atoms with Gasteiger partial charge >= 0.3 is 6.01 Å². The van der Waals surface area contributed by atoms with Crippen molar-refractivity contribution in [3.63, 3.8) is 0 Å². The number of aryl methyl sites for hydroxylation is 2. The van der Waals surface area contributed by atoms with Gasteiger partial charge in [-0.3, -0.25) is 4.57 Å². The number of halogens is 1. The topological polar surface area (TPSA) is 65.7 Å². The van der Waals surface area contributed by atoms with Gasteiger partial charge in [0.05, 0.1) is 17.6 Å². The zero-order chi connectivity index (χ0) is 15.0. The highest BCUT2D eigenvalue weighted by Crippen LogP contribution is 2.21. The summed E-state index contributed by atoms with van der Waals surface area (Å²) >= 11 is 5.93. The maximum absolute atomic E-state index is 5.93. The second-order valence-electron chi connectivity index (χ2n) is 4.66. The molecule has 0 spiro atoms. The number of nitrogens with zero attached hydrogens (tertiary/aromatic N) is 5. The molecule has 0 radical (unpaired) electrons. The fraction of sp³-hybridized carbons (Fsp3) is 0.286. The van der Waals surface area contributed by atoms with Gasteiger partial charge in [-0.25, -0.2) is 4.98 Å². The molecule has 0 N–H and O–H groups in total. The molecule has 0 amide bonds. The molecule has 0 bridgehead atoms. The van der Waals surface area contributed by atoms with Crippen LogP contribution in [0.4, 0.5) is 0 Å². The Bertz CT molecular complexity index is 814.